The third kappa shape index (κ3) is 4.70. The topological polar surface area (TPSA) is 77.9 Å². The molecule has 164 valence electrons. The Morgan fingerprint density at radius 2 is 1.97 bits per heavy atom. The van der Waals surface area contributed by atoms with E-state index in [0.29, 0.717) is 28.7 Å². The van der Waals surface area contributed by atoms with Crippen LogP contribution in [-0.4, -0.2) is 61.0 Å². The van der Waals surface area contributed by atoms with Crippen molar-refractivity contribution in [1.29, 1.82) is 0 Å². The third-order valence-corrected chi connectivity index (χ3v) is 5.77. The minimum absolute atomic E-state index is 0.116. The fourth-order valence-electron chi connectivity index (χ4n) is 4.19. The largest absolute Gasteiger partial charge is 0.493 e. The predicted octanol–water partition coefficient (Wildman–Crippen LogP) is 2.48. The first-order valence-corrected chi connectivity index (χ1v) is 10.3. The number of nitrogens with zero attached hydrogens (tertiary/aromatic N) is 3. The first kappa shape index (κ1) is 22.0. The number of methoxy groups -OCH3 is 3. The molecule has 0 saturated carbocycles. The molecular formula is C22H32N4O4. The molecule has 30 heavy (non-hydrogen) atoms. The van der Waals surface area contributed by atoms with E-state index in [1.807, 2.05) is 17.9 Å². The second-order valence-electron chi connectivity index (χ2n) is 7.68. The molecule has 1 fully saturated rings. The summed E-state index contributed by atoms with van der Waals surface area (Å²) in [6.45, 7) is 4.93. The molecule has 1 aliphatic heterocycles. The van der Waals surface area contributed by atoms with E-state index in [9.17, 15) is 4.79 Å². The van der Waals surface area contributed by atoms with E-state index in [0.717, 1.165) is 32.5 Å². The Kier molecular flexibility index (Phi) is 7.20. The van der Waals surface area contributed by atoms with E-state index in [2.05, 4.69) is 28.4 Å². The van der Waals surface area contributed by atoms with Crippen molar-refractivity contribution in [3.8, 4) is 17.2 Å². The van der Waals surface area contributed by atoms with Crippen molar-refractivity contribution < 1.29 is 19.0 Å². The lowest BCUT2D eigenvalue weighted by Gasteiger charge is -2.38. The molecule has 8 heteroatoms. The number of carbonyl (C=O) groups is 1. The van der Waals surface area contributed by atoms with Crippen LogP contribution in [0.5, 0.6) is 17.2 Å². The fraction of sp³-hybridized carbons (Fsp3) is 0.545. The summed E-state index contributed by atoms with van der Waals surface area (Å²) in [5.41, 5.74) is 1.66. The molecule has 2 aromatic rings. The number of benzene rings is 1. The van der Waals surface area contributed by atoms with Gasteiger partial charge in [-0.25, -0.2) is 0 Å². The highest BCUT2D eigenvalue weighted by molar-refractivity contribution is 5.98. The van der Waals surface area contributed by atoms with E-state index in [1.165, 1.54) is 19.8 Å². The molecule has 0 spiro atoms. The van der Waals surface area contributed by atoms with Gasteiger partial charge >= 0.3 is 0 Å². The molecular weight excluding hydrogens is 384 g/mol. The molecule has 0 aliphatic carbocycles. The lowest BCUT2D eigenvalue weighted by molar-refractivity contribution is 0.0837. The van der Waals surface area contributed by atoms with Crippen LogP contribution in [0.25, 0.3) is 0 Å². The average molecular weight is 417 g/mol. The lowest BCUT2D eigenvalue weighted by Crippen LogP contribution is -2.50. The number of aromatic nitrogens is 2. The minimum Gasteiger partial charge on any atom is -0.493 e. The van der Waals surface area contributed by atoms with Crippen LogP contribution in [0.1, 0.15) is 35.7 Å². The highest BCUT2D eigenvalue weighted by Crippen LogP contribution is 2.39. The van der Waals surface area contributed by atoms with Gasteiger partial charge in [-0.3, -0.25) is 14.4 Å². The van der Waals surface area contributed by atoms with Gasteiger partial charge in [0.15, 0.2) is 11.5 Å². The minimum atomic E-state index is -0.156. The number of amides is 1. The van der Waals surface area contributed by atoms with Crippen molar-refractivity contribution >= 4 is 5.91 Å². The fourth-order valence-corrected chi connectivity index (χ4v) is 4.19. The molecule has 0 radical (unpaired) electrons. The van der Waals surface area contributed by atoms with E-state index >= 15 is 0 Å². The summed E-state index contributed by atoms with van der Waals surface area (Å²) in [4.78, 5) is 15.5. The van der Waals surface area contributed by atoms with Crippen LogP contribution in [0.15, 0.2) is 24.5 Å². The zero-order chi connectivity index (χ0) is 21.7. The molecule has 0 bridgehead atoms. The standard InChI is InChI=1S/C22H32N4O4/c1-6-16-14-26(13-15-11-23-25(2)12-15)10-9-18(16)24-22(27)17-7-8-19(28-3)21(30-5)20(17)29-4/h7-8,11-12,16,18H,6,9-10,13-14H2,1-5H3,(H,24,27)/t16-,18+/m1/s1. The maximum absolute atomic E-state index is 13.1. The van der Waals surface area contributed by atoms with Crippen LogP contribution in [0.4, 0.5) is 0 Å². The molecule has 1 aliphatic rings. The Hall–Kier alpha value is -2.74. The molecule has 1 aromatic heterocycles. The number of likely N-dealkylation sites (tertiary alicyclic amines) is 1. The van der Waals surface area contributed by atoms with Gasteiger partial charge in [0.05, 0.1) is 33.1 Å². The number of hydrogen-bond donors (Lipinski definition) is 1. The van der Waals surface area contributed by atoms with Gasteiger partial charge in [-0.15, -0.1) is 0 Å². The van der Waals surface area contributed by atoms with Crippen LogP contribution < -0.4 is 19.5 Å². The van der Waals surface area contributed by atoms with E-state index < -0.39 is 0 Å². The van der Waals surface area contributed by atoms with E-state index in [4.69, 9.17) is 14.2 Å². The Bertz CT molecular complexity index is 867. The SMILES string of the molecule is CC[C@@H]1CN(Cc2cnn(C)c2)CC[C@@H]1NC(=O)c1ccc(OC)c(OC)c1OC. The number of aryl methyl sites for hydroxylation is 1. The third-order valence-electron chi connectivity index (χ3n) is 5.77. The van der Waals surface area contributed by atoms with Crippen molar-refractivity contribution in [2.75, 3.05) is 34.4 Å². The van der Waals surface area contributed by atoms with Crippen molar-refractivity contribution in [2.45, 2.75) is 32.4 Å². The van der Waals surface area contributed by atoms with Crippen LogP contribution in [0.3, 0.4) is 0 Å². The number of ether oxygens (including phenoxy) is 3. The van der Waals surface area contributed by atoms with Crippen LogP contribution in [0, 0.1) is 5.92 Å². The molecule has 0 unspecified atom stereocenters. The first-order chi connectivity index (χ1) is 14.5. The molecule has 3 rings (SSSR count). The van der Waals surface area contributed by atoms with Gasteiger partial charge in [-0.2, -0.15) is 5.10 Å². The highest BCUT2D eigenvalue weighted by atomic mass is 16.5. The molecule has 1 saturated heterocycles. The first-order valence-electron chi connectivity index (χ1n) is 10.3. The van der Waals surface area contributed by atoms with E-state index in [1.54, 1.807) is 19.2 Å². The van der Waals surface area contributed by atoms with Gasteiger partial charge in [0.2, 0.25) is 5.75 Å². The molecule has 2 atom stereocenters. The molecule has 2 heterocycles. The second kappa shape index (κ2) is 9.84. The maximum Gasteiger partial charge on any atom is 0.255 e. The number of hydrogen-bond acceptors (Lipinski definition) is 6. The Morgan fingerprint density at radius 3 is 2.57 bits per heavy atom. The van der Waals surface area contributed by atoms with Crippen LogP contribution in [0.2, 0.25) is 0 Å². The summed E-state index contributed by atoms with van der Waals surface area (Å²) in [6, 6.07) is 3.56. The maximum atomic E-state index is 13.1. The lowest BCUT2D eigenvalue weighted by atomic mass is 9.89. The number of carbonyl (C=O) groups excluding carboxylic acids is 1. The summed E-state index contributed by atoms with van der Waals surface area (Å²) in [6.07, 6.45) is 5.87. The Morgan fingerprint density at radius 1 is 1.20 bits per heavy atom. The number of rotatable bonds is 8. The van der Waals surface area contributed by atoms with Crippen molar-refractivity contribution in [3.63, 3.8) is 0 Å². The Balaban J connectivity index is 1.69. The monoisotopic (exact) mass is 416 g/mol. The summed E-state index contributed by atoms with van der Waals surface area (Å²) in [7, 11) is 6.55. The molecule has 1 aromatic carbocycles. The smallest absolute Gasteiger partial charge is 0.255 e. The number of piperidine rings is 1. The van der Waals surface area contributed by atoms with Crippen molar-refractivity contribution in [2.24, 2.45) is 13.0 Å². The van der Waals surface area contributed by atoms with Gasteiger partial charge in [0.1, 0.15) is 0 Å². The second-order valence-corrected chi connectivity index (χ2v) is 7.68. The summed E-state index contributed by atoms with van der Waals surface area (Å²) >= 11 is 0. The average Bonchev–Trinajstić information content (AvgIpc) is 3.17. The summed E-state index contributed by atoms with van der Waals surface area (Å²) < 4.78 is 18.0. The summed E-state index contributed by atoms with van der Waals surface area (Å²) in [5.74, 6) is 1.56. The highest BCUT2D eigenvalue weighted by Gasteiger charge is 2.31. The molecule has 8 nitrogen and oxygen atoms in total. The van der Waals surface area contributed by atoms with Crippen molar-refractivity contribution in [3.05, 3.63) is 35.7 Å². The molecule has 1 N–H and O–H groups in total. The summed E-state index contributed by atoms with van der Waals surface area (Å²) in [5, 5.41) is 7.48. The van der Waals surface area contributed by atoms with Gasteiger partial charge in [0, 0.05) is 44.5 Å². The van der Waals surface area contributed by atoms with Crippen LogP contribution in [-0.2, 0) is 13.6 Å². The Labute approximate surface area is 178 Å². The number of nitrogens with one attached hydrogen (secondary N) is 1. The van der Waals surface area contributed by atoms with Gasteiger partial charge in [-0.05, 0) is 24.5 Å². The van der Waals surface area contributed by atoms with Gasteiger partial charge in [-0.1, -0.05) is 13.3 Å². The van der Waals surface area contributed by atoms with Crippen LogP contribution >= 0.6 is 0 Å². The zero-order valence-electron chi connectivity index (χ0n) is 18.5. The van der Waals surface area contributed by atoms with Gasteiger partial charge in [0.25, 0.3) is 5.91 Å². The van der Waals surface area contributed by atoms with Crippen molar-refractivity contribution in [1.82, 2.24) is 20.0 Å². The normalized spacial score (nSPS) is 19.4. The molecule has 1 amide bonds. The van der Waals surface area contributed by atoms with E-state index in [-0.39, 0.29) is 11.9 Å². The van der Waals surface area contributed by atoms with Gasteiger partial charge < -0.3 is 19.5 Å². The predicted molar refractivity (Wildman–Crippen MR) is 114 cm³/mol. The quantitative estimate of drug-likeness (QED) is 0.712. The zero-order valence-corrected chi connectivity index (χ0v) is 18.5.